The lowest BCUT2D eigenvalue weighted by Crippen LogP contribution is -2.23. The number of amides is 1. The number of carbonyl (C=O) groups excluding carboxylic acids is 1. The molecule has 0 saturated carbocycles. The molecule has 1 heterocycles. The molecule has 1 aromatic heterocycles. The first-order chi connectivity index (χ1) is 15.6. The van der Waals surface area contributed by atoms with Crippen molar-refractivity contribution in [1.82, 2.24) is 14.8 Å². The van der Waals surface area contributed by atoms with Gasteiger partial charge in [0.1, 0.15) is 5.82 Å². The van der Waals surface area contributed by atoms with Crippen molar-refractivity contribution in [2.24, 2.45) is 0 Å². The minimum atomic E-state index is -0.331. The van der Waals surface area contributed by atoms with E-state index in [1.807, 2.05) is 79.1 Å². The molecule has 7 heteroatoms. The minimum Gasteiger partial charge on any atom is -0.324 e. The number of anilines is 1. The topological polar surface area (TPSA) is 59.8 Å². The van der Waals surface area contributed by atoms with Gasteiger partial charge in [0.25, 0.3) is 0 Å². The number of thioether (sulfide) groups is 1. The number of benzene rings is 3. The van der Waals surface area contributed by atoms with Crippen LogP contribution in [-0.2, 0) is 11.3 Å². The molecule has 162 valence electrons. The van der Waals surface area contributed by atoms with Crippen LogP contribution >= 0.6 is 23.5 Å². The van der Waals surface area contributed by atoms with Gasteiger partial charge in [0, 0.05) is 9.79 Å². The molecule has 5 nitrogen and oxygen atoms in total. The molecule has 0 aliphatic rings. The van der Waals surface area contributed by atoms with Crippen molar-refractivity contribution in [3.05, 3.63) is 96.3 Å². The minimum absolute atomic E-state index is 0.0666. The van der Waals surface area contributed by atoms with Crippen molar-refractivity contribution in [3.8, 4) is 0 Å². The molecule has 3 aromatic carbocycles. The molecule has 4 aromatic rings. The Balaban J connectivity index is 1.45. The maximum Gasteiger partial charge on any atom is 0.237 e. The zero-order valence-electron chi connectivity index (χ0n) is 17.9. The molecule has 4 rings (SSSR count). The number of aryl methyl sites for hydroxylation is 1. The first-order valence-corrected chi connectivity index (χ1v) is 12.0. The summed E-state index contributed by atoms with van der Waals surface area (Å²) in [6, 6.07) is 28.2. The molecule has 32 heavy (non-hydrogen) atoms. The van der Waals surface area contributed by atoms with Gasteiger partial charge in [-0.3, -0.25) is 4.79 Å². The highest BCUT2D eigenvalue weighted by molar-refractivity contribution is 8.00. The van der Waals surface area contributed by atoms with E-state index in [2.05, 4.69) is 39.8 Å². The van der Waals surface area contributed by atoms with Crippen LogP contribution in [0.15, 0.2) is 99.9 Å². The Morgan fingerprint density at radius 2 is 1.59 bits per heavy atom. The SMILES string of the molecule is Cc1nnc(SC(C)C(=O)Nc2ccccc2Sc2ccccc2)n1Cc1ccccc1. The average Bonchev–Trinajstić information content (AvgIpc) is 3.15. The summed E-state index contributed by atoms with van der Waals surface area (Å²) in [4.78, 5) is 15.1. The van der Waals surface area contributed by atoms with Crippen LogP contribution in [0.5, 0.6) is 0 Å². The molecule has 1 atom stereocenters. The van der Waals surface area contributed by atoms with E-state index in [0.29, 0.717) is 6.54 Å². The third kappa shape index (κ3) is 5.60. The van der Waals surface area contributed by atoms with Crippen molar-refractivity contribution in [2.75, 3.05) is 5.32 Å². The molecule has 0 bridgehead atoms. The predicted molar refractivity (Wildman–Crippen MR) is 131 cm³/mol. The Kier molecular flexibility index (Phi) is 7.29. The lowest BCUT2D eigenvalue weighted by Gasteiger charge is -2.15. The van der Waals surface area contributed by atoms with Crippen LogP contribution in [-0.4, -0.2) is 25.9 Å². The van der Waals surface area contributed by atoms with Crippen LogP contribution in [0.4, 0.5) is 5.69 Å². The summed E-state index contributed by atoms with van der Waals surface area (Å²) in [5, 5.41) is 12.0. The molecule has 1 N–H and O–H groups in total. The van der Waals surface area contributed by atoms with Gasteiger partial charge in [0.15, 0.2) is 5.16 Å². The normalized spacial score (nSPS) is 11.8. The smallest absolute Gasteiger partial charge is 0.237 e. The van der Waals surface area contributed by atoms with Gasteiger partial charge >= 0.3 is 0 Å². The molecule has 0 radical (unpaired) electrons. The fourth-order valence-corrected chi connectivity index (χ4v) is 4.93. The Labute approximate surface area is 196 Å². The maximum absolute atomic E-state index is 13.0. The predicted octanol–water partition coefficient (Wildman–Crippen LogP) is 5.91. The molecule has 0 fully saturated rings. The van der Waals surface area contributed by atoms with Crippen LogP contribution in [0.1, 0.15) is 18.3 Å². The molecular formula is C25H24N4OS2. The molecule has 0 aliphatic heterocycles. The number of aromatic nitrogens is 3. The van der Waals surface area contributed by atoms with E-state index in [9.17, 15) is 4.79 Å². The van der Waals surface area contributed by atoms with E-state index in [0.717, 1.165) is 26.5 Å². The summed E-state index contributed by atoms with van der Waals surface area (Å²) in [7, 11) is 0. The second-order valence-electron chi connectivity index (χ2n) is 7.26. The summed E-state index contributed by atoms with van der Waals surface area (Å²) in [6.45, 7) is 4.50. The Morgan fingerprint density at radius 3 is 2.34 bits per heavy atom. The van der Waals surface area contributed by atoms with E-state index in [-0.39, 0.29) is 11.2 Å². The van der Waals surface area contributed by atoms with E-state index in [1.165, 1.54) is 17.3 Å². The molecular weight excluding hydrogens is 436 g/mol. The monoisotopic (exact) mass is 460 g/mol. The number of rotatable bonds is 8. The van der Waals surface area contributed by atoms with Crippen molar-refractivity contribution in [1.29, 1.82) is 0 Å². The van der Waals surface area contributed by atoms with Crippen molar-refractivity contribution in [2.45, 2.75) is 40.6 Å². The highest BCUT2D eigenvalue weighted by atomic mass is 32.2. The molecule has 1 amide bonds. The van der Waals surface area contributed by atoms with Gasteiger partial charge in [-0.25, -0.2) is 0 Å². The summed E-state index contributed by atoms with van der Waals surface area (Å²) in [6.07, 6.45) is 0. The van der Waals surface area contributed by atoms with Gasteiger partial charge < -0.3 is 9.88 Å². The summed E-state index contributed by atoms with van der Waals surface area (Å²) < 4.78 is 2.04. The Bertz CT molecular complexity index is 1180. The number of nitrogens with zero attached hydrogens (tertiary/aromatic N) is 3. The number of hydrogen-bond acceptors (Lipinski definition) is 5. The van der Waals surface area contributed by atoms with Crippen LogP contribution in [0.3, 0.4) is 0 Å². The second kappa shape index (κ2) is 10.5. The second-order valence-corrected chi connectivity index (χ2v) is 9.69. The van der Waals surface area contributed by atoms with Crippen molar-refractivity contribution in [3.63, 3.8) is 0 Å². The summed E-state index contributed by atoms with van der Waals surface area (Å²) in [5.41, 5.74) is 1.97. The van der Waals surface area contributed by atoms with Crippen LogP contribution in [0, 0.1) is 6.92 Å². The first-order valence-electron chi connectivity index (χ1n) is 10.3. The van der Waals surface area contributed by atoms with Gasteiger partial charge in [0.05, 0.1) is 17.5 Å². The summed E-state index contributed by atoms with van der Waals surface area (Å²) >= 11 is 3.05. The number of para-hydroxylation sites is 1. The van der Waals surface area contributed by atoms with E-state index < -0.39 is 0 Å². The molecule has 0 aliphatic carbocycles. The lowest BCUT2D eigenvalue weighted by molar-refractivity contribution is -0.115. The zero-order chi connectivity index (χ0) is 22.3. The highest BCUT2D eigenvalue weighted by Crippen LogP contribution is 2.34. The lowest BCUT2D eigenvalue weighted by atomic mass is 10.2. The number of carbonyl (C=O) groups is 1. The largest absolute Gasteiger partial charge is 0.324 e. The molecule has 0 spiro atoms. The van der Waals surface area contributed by atoms with E-state index >= 15 is 0 Å². The number of nitrogens with one attached hydrogen (secondary N) is 1. The van der Waals surface area contributed by atoms with Crippen LogP contribution in [0.2, 0.25) is 0 Å². The fraction of sp³-hybridized carbons (Fsp3) is 0.160. The van der Waals surface area contributed by atoms with Crippen molar-refractivity contribution >= 4 is 35.1 Å². The number of hydrogen-bond donors (Lipinski definition) is 1. The first kappa shape index (κ1) is 22.2. The van der Waals surface area contributed by atoms with Gasteiger partial charge in [-0.05, 0) is 43.7 Å². The van der Waals surface area contributed by atoms with Gasteiger partial charge in [-0.15, -0.1) is 10.2 Å². The van der Waals surface area contributed by atoms with E-state index in [1.54, 1.807) is 11.8 Å². The fourth-order valence-electron chi connectivity index (χ4n) is 3.12. The third-order valence-corrected chi connectivity index (χ3v) is 7.02. The van der Waals surface area contributed by atoms with Crippen LogP contribution < -0.4 is 5.32 Å². The highest BCUT2D eigenvalue weighted by Gasteiger charge is 2.20. The Hall–Kier alpha value is -3.03. The maximum atomic E-state index is 13.0. The average molecular weight is 461 g/mol. The van der Waals surface area contributed by atoms with Crippen molar-refractivity contribution < 1.29 is 4.79 Å². The van der Waals surface area contributed by atoms with Crippen LogP contribution in [0.25, 0.3) is 0 Å². The van der Waals surface area contributed by atoms with Gasteiger partial charge in [0.2, 0.25) is 5.91 Å². The molecule has 1 unspecified atom stereocenters. The standard InChI is InChI=1S/C25H24N4OS2/c1-18(31-25-28-27-19(2)29(25)17-20-11-5-3-6-12-20)24(30)26-22-15-9-10-16-23(22)32-21-13-7-4-8-14-21/h3-16,18H,17H2,1-2H3,(H,26,30). The zero-order valence-corrected chi connectivity index (χ0v) is 19.6. The Morgan fingerprint density at radius 1 is 0.938 bits per heavy atom. The molecule has 0 saturated heterocycles. The van der Waals surface area contributed by atoms with Gasteiger partial charge in [-0.1, -0.05) is 84.2 Å². The quantitative estimate of drug-likeness (QED) is 0.332. The van der Waals surface area contributed by atoms with Gasteiger partial charge in [-0.2, -0.15) is 0 Å². The third-order valence-electron chi connectivity index (χ3n) is 4.85. The summed E-state index contributed by atoms with van der Waals surface area (Å²) in [5.74, 6) is 0.761. The van der Waals surface area contributed by atoms with E-state index in [4.69, 9.17) is 0 Å².